The highest BCUT2D eigenvalue weighted by Gasteiger charge is 2.16. The Hall–Kier alpha value is -2.86. The summed E-state index contributed by atoms with van der Waals surface area (Å²) in [6.07, 6.45) is 0. The molecule has 1 amide bonds. The summed E-state index contributed by atoms with van der Waals surface area (Å²) in [6.45, 7) is 4.09. The number of carbonyl (C=O) groups is 1. The lowest BCUT2D eigenvalue weighted by atomic mass is 10.1. The van der Waals surface area contributed by atoms with E-state index in [4.69, 9.17) is 20.9 Å². The van der Waals surface area contributed by atoms with Gasteiger partial charge in [0.2, 0.25) is 11.7 Å². The molecule has 0 bridgehead atoms. The van der Waals surface area contributed by atoms with E-state index in [0.29, 0.717) is 28.1 Å². The second-order valence-corrected chi connectivity index (χ2v) is 6.64. The quantitative estimate of drug-likeness (QED) is 0.640. The predicted octanol–water partition coefficient (Wildman–Crippen LogP) is 4.04. The number of hydrogen-bond acceptors (Lipinski definition) is 5. The minimum Gasteiger partial charge on any atom is -0.483 e. The maximum atomic E-state index is 12.3. The van der Waals surface area contributed by atoms with Crippen molar-refractivity contribution in [3.63, 3.8) is 0 Å². The van der Waals surface area contributed by atoms with Crippen LogP contribution >= 0.6 is 11.6 Å². The standard InChI is InChI=1S/C20H20ClN3O3/c1-13-7-6-10-17(14(13)2)26-12-19(25)24(3)11-18-22-20(23-27-18)15-8-4-5-9-16(15)21/h4-10H,11-12H2,1-3H3. The van der Waals surface area contributed by atoms with Crippen molar-refractivity contribution in [2.45, 2.75) is 20.4 Å². The van der Waals surface area contributed by atoms with Gasteiger partial charge < -0.3 is 14.2 Å². The normalized spacial score (nSPS) is 10.7. The number of carbonyl (C=O) groups excluding carboxylic acids is 1. The predicted molar refractivity (Wildman–Crippen MR) is 103 cm³/mol. The first-order valence-corrected chi connectivity index (χ1v) is 8.84. The highest BCUT2D eigenvalue weighted by Crippen LogP contribution is 2.25. The van der Waals surface area contributed by atoms with Crippen LogP contribution in [0.5, 0.6) is 5.75 Å². The van der Waals surface area contributed by atoms with Gasteiger partial charge in [-0.2, -0.15) is 4.98 Å². The fraction of sp³-hybridized carbons (Fsp3) is 0.250. The molecule has 6 nitrogen and oxygen atoms in total. The van der Waals surface area contributed by atoms with E-state index in [2.05, 4.69) is 10.1 Å². The summed E-state index contributed by atoms with van der Waals surface area (Å²) in [4.78, 5) is 18.1. The molecule has 0 atom stereocenters. The number of benzene rings is 2. The molecule has 0 fully saturated rings. The van der Waals surface area contributed by atoms with Crippen LogP contribution in [0.4, 0.5) is 0 Å². The van der Waals surface area contributed by atoms with E-state index in [9.17, 15) is 4.79 Å². The van der Waals surface area contributed by atoms with Gasteiger partial charge in [-0.05, 0) is 43.2 Å². The third kappa shape index (κ3) is 4.46. The van der Waals surface area contributed by atoms with Crippen molar-refractivity contribution in [2.24, 2.45) is 0 Å². The lowest BCUT2D eigenvalue weighted by Crippen LogP contribution is -2.31. The van der Waals surface area contributed by atoms with Gasteiger partial charge in [-0.1, -0.05) is 41.0 Å². The van der Waals surface area contributed by atoms with Crippen LogP contribution in [-0.4, -0.2) is 34.6 Å². The topological polar surface area (TPSA) is 68.5 Å². The molecule has 2 aromatic carbocycles. The van der Waals surface area contributed by atoms with Crippen molar-refractivity contribution in [1.82, 2.24) is 15.0 Å². The fourth-order valence-electron chi connectivity index (χ4n) is 2.49. The van der Waals surface area contributed by atoms with E-state index >= 15 is 0 Å². The van der Waals surface area contributed by atoms with Crippen LogP contribution < -0.4 is 4.74 Å². The summed E-state index contributed by atoms with van der Waals surface area (Å²) in [7, 11) is 1.66. The molecule has 3 aromatic rings. The maximum Gasteiger partial charge on any atom is 0.260 e. The molecule has 27 heavy (non-hydrogen) atoms. The Labute approximate surface area is 162 Å². The molecule has 0 unspecified atom stereocenters. The molecule has 3 rings (SSSR count). The number of halogens is 1. The van der Waals surface area contributed by atoms with Crippen LogP contribution in [-0.2, 0) is 11.3 Å². The summed E-state index contributed by atoms with van der Waals surface area (Å²) in [5.41, 5.74) is 2.82. The largest absolute Gasteiger partial charge is 0.483 e. The van der Waals surface area contributed by atoms with E-state index in [1.165, 1.54) is 4.90 Å². The van der Waals surface area contributed by atoms with Gasteiger partial charge in [-0.25, -0.2) is 0 Å². The molecule has 0 saturated heterocycles. The zero-order valence-electron chi connectivity index (χ0n) is 15.4. The number of hydrogen-bond donors (Lipinski definition) is 0. The van der Waals surface area contributed by atoms with Crippen LogP contribution in [0.3, 0.4) is 0 Å². The molecule has 7 heteroatoms. The average molecular weight is 386 g/mol. The van der Waals surface area contributed by atoms with E-state index in [0.717, 1.165) is 11.1 Å². The van der Waals surface area contributed by atoms with Gasteiger partial charge in [0, 0.05) is 12.6 Å². The van der Waals surface area contributed by atoms with Crippen molar-refractivity contribution in [3.8, 4) is 17.1 Å². The first-order valence-electron chi connectivity index (χ1n) is 8.46. The van der Waals surface area contributed by atoms with Gasteiger partial charge in [0.25, 0.3) is 5.91 Å². The maximum absolute atomic E-state index is 12.3. The molecule has 0 aliphatic carbocycles. The van der Waals surface area contributed by atoms with Gasteiger partial charge >= 0.3 is 0 Å². The minimum absolute atomic E-state index is 0.0632. The van der Waals surface area contributed by atoms with E-state index < -0.39 is 0 Å². The SMILES string of the molecule is Cc1cccc(OCC(=O)N(C)Cc2nc(-c3ccccc3Cl)no2)c1C. The highest BCUT2D eigenvalue weighted by molar-refractivity contribution is 6.33. The number of ether oxygens (including phenoxy) is 1. The minimum atomic E-state index is -0.187. The third-order valence-corrected chi connectivity index (χ3v) is 4.62. The number of likely N-dealkylation sites (N-methyl/N-ethyl adjacent to an activating group) is 1. The summed E-state index contributed by atoms with van der Waals surface area (Å²) >= 11 is 6.14. The van der Waals surface area contributed by atoms with Gasteiger partial charge in [-0.3, -0.25) is 4.79 Å². The zero-order chi connectivity index (χ0) is 19.4. The zero-order valence-corrected chi connectivity index (χ0v) is 16.2. The third-order valence-electron chi connectivity index (χ3n) is 4.29. The van der Waals surface area contributed by atoms with E-state index in [-0.39, 0.29) is 19.1 Å². The van der Waals surface area contributed by atoms with Crippen LogP contribution in [0, 0.1) is 13.8 Å². The van der Waals surface area contributed by atoms with Crippen molar-refractivity contribution in [2.75, 3.05) is 13.7 Å². The Balaban J connectivity index is 1.60. The lowest BCUT2D eigenvalue weighted by Gasteiger charge is -2.16. The highest BCUT2D eigenvalue weighted by atomic mass is 35.5. The number of aromatic nitrogens is 2. The summed E-state index contributed by atoms with van der Waals surface area (Å²) in [5, 5.41) is 4.47. The molecular formula is C20H20ClN3O3. The second-order valence-electron chi connectivity index (χ2n) is 6.23. The molecule has 0 radical (unpaired) electrons. The van der Waals surface area contributed by atoms with E-state index in [1.807, 2.05) is 50.2 Å². The molecule has 1 aromatic heterocycles. The van der Waals surface area contributed by atoms with Crippen molar-refractivity contribution in [1.29, 1.82) is 0 Å². The van der Waals surface area contributed by atoms with Crippen LogP contribution in [0.25, 0.3) is 11.4 Å². The van der Waals surface area contributed by atoms with E-state index in [1.54, 1.807) is 13.1 Å². The van der Waals surface area contributed by atoms with Crippen LogP contribution in [0.2, 0.25) is 5.02 Å². The van der Waals surface area contributed by atoms with Gasteiger partial charge in [0.15, 0.2) is 6.61 Å². The Morgan fingerprint density at radius 2 is 1.96 bits per heavy atom. The number of rotatable bonds is 6. The van der Waals surface area contributed by atoms with Gasteiger partial charge in [0.1, 0.15) is 5.75 Å². The molecule has 0 saturated carbocycles. The molecular weight excluding hydrogens is 366 g/mol. The number of nitrogens with zero attached hydrogens (tertiary/aromatic N) is 3. The first-order chi connectivity index (χ1) is 13.0. The average Bonchev–Trinajstić information content (AvgIpc) is 3.11. The van der Waals surface area contributed by atoms with Crippen LogP contribution in [0.15, 0.2) is 47.0 Å². The van der Waals surface area contributed by atoms with Gasteiger partial charge in [0.05, 0.1) is 11.6 Å². The summed E-state index contributed by atoms with van der Waals surface area (Å²) < 4.78 is 10.9. The smallest absolute Gasteiger partial charge is 0.260 e. The molecule has 0 N–H and O–H groups in total. The first kappa shape index (κ1) is 18.9. The monoisotopic (exact) mass is 385 g/mol. The fourth-order valence-corrected chi connectivity index (χ4v) is 2.71. The number of amides is 1. The molecule has 0 aliphatic rings. The lowest BCUT2D eigenvalue weighted by molar-refractivity contribution is -0.132. The number of aryl methyl sites for hydroxylation is 1. The Kier molecular flexibility index (Phi) is 5.76. The van der Waals surface area contributed by atoms with Crippen LogP contribution in [0.1, 0.15) is 17.0 Å². The van der Waals surface area contributed by atoms with Gasteiger partial charge in [-0.15, -0.1) is 0 Å². The van der Waals surface area contributed by atoms with Crippen molar-refractivity contribution in [3.05, 3.63) is 64.5 Å². The summed E-state index contributed by atoms with van der Waals surface area (Å²) in [6, 6.07) is 13.0. The molecule has 0 aliphatic heterocycles. The van der Waals surface area contributed by atoms with Crippen molar-refractivity contribution < 1.29 is 14.1 Å². The van der Waals surface area contributed by atoms with Crippen molar-refractivity contribution >= 4 is 17.5 Å². The molecule has 0 spiro atoms. The second kappa shape index (κ2) is 8.22. The Morgan fingerprint density at radius 1 is 1.19 bits per heavy atom. The Bertz CT molecular complexity index is 955. The molecule has 1 heterocycles. The Morgan fingerprint density at radius 3 is 2.74 bits per heavy atom. The summed E-state index contributed by atoms with van der Waals surface area (Å²) in [5.74, 6) is 1.24. The molecule has 140 valence electrons.